The van der Waals surface area contributed by atoms with Gasteiger partial charge in [-0.25, -0.2) is 4.79 Å². The molecule has 2 aromatic carbocycles. The first kappa shape index (κ1) is 15.0. The molecule has 110 valence electrons. The van der Waals surface area contributed by atoms with Crippen molar-refractivity contribution in [3.63, 3.8) is 0 Å². The maximum absolute atomic E-state index is 11.7. The first-order valence-electron chi connectivity index (χ1n) is 6.99. The van der Waals surface area contributed by atoms with Crippen LogP contribution in [-0.2, 0) is 16.0 Å². The molecule has 0 unspecified atom stereocenters. The average Bonchev–Trinajstić information content (AvgIpc) is 2.47. The van der Waals surface area contributed by atoms with Gasteiger partial charge in [-0.1, -0.05) is 47.6 Å². The lowest BCUT2D eigenvalue weighted by molar-refractivity contribution is -0.139. The molecule has 0 spiro atoms. The molecule has 2 aromatic rings. The molecular formula is C17H19NO3. The maximum Gasteiger partial charge on any atom is 0.356 e. The molecule has 0 atom stereocenters. The minimum Gasteiger partial charge on any atom is -0.458 e. The summed E-state index contributed by atoms with van der Waals surface area (Å²) >= 11 is 0. The number of carbonyl (C=O) groups is 1. The molecule has 0 fully saturated rings. The highest BCUT2D eigenvalue weighted by atomic mass is 16.5. The number of carbonyl (C=O) groups excluding carboxylic acids is 1. The molecule has 0 aliphatic rings. The second-order valence-corrected chi connectivity index (χ2v) is 5.18. The monoisotopic (exact) mass is 285 g/mol. The first-order valence-corrected chi connectivity index (χ1v) is 6.99. The molecular weight excluding hydrogens is 266 g/mol. The van der Waals surface area contributed by atoms with Crippen LogP contribution in [0.25, 0.3) is 10.8 Å². The van der Waals surface area contributed by atoms with Crippen molar-refractivity contribution in [3.8, 4) is 0 Å². The van der Waals surface area contributed by atoms with Gasteiger partial charge >= 0.3 is 5.97 Å². The third kappa shape index (κ3) is 4.05. The van der Waals surface area contributed by atoms with Crippen LogP contribution in [0, 0.1) is 0 Å². The number of fused-ring (bicyclic) bond motifs is 1. The van der Waals surface area contributed by atoms with Crippen molar-refractivity contribution in [2.45, 2.75) is 32.8 Å². The SMILES string of the molecule is CC(C)OC(=O)/C(CCc1ccc2ccccc2c1)=N\O. The van der Waals surface area contributed by atoms with Crippen LogP contribution in [0.3, 0.4) is 0 Å². The fourth-order valence-electron chi connectivity index (χ4n) is 2.13. The number of aryl methyl sites for hydroxylation is 1. The Labute approximate surface area is 124 Å². The number of benzene rings is 2. The predicted octanol–water partition coefficient (Wildman–Crippen LogP) is 3.55. The van der Waals surface area contributed by atoms with Gasteiger partial charge in [-0.05, 0) is 36.6 Å². The van der Waals surface area contributed by atoms with E-state index in [0.29, 0.717) is 12.8 Å². The van der Waals surface area contributed by atoms with Crippen LogP contribution >= 0.6 is 0 Å². The fraction of sp³-hybridized carbons (Fsp3) is 0.294. The van der Waals surface area contributed by atoms with Gasteiger partial charge in [0.25, 0.3) is 0 Å². The second kappa shape index (κ2) is 6.88. The summed E-state index contributed by atoms with van der Waals surface area (Å²) in [6.07, 6.45) is 0.743. The normalized spacial score (nSPS) is 11.9. The molecule has 0 aliphatic heterocycles. The van der Waals surface area contributed by atoms with E-state index >= 15 is 0 Å². The quantitative estimate of drug-likeness (QED) is 0.395. The van der Waals surface area contributed by atoms with E-state index < -0.39 is 5.97 Å². The van der Waals surface area contributed by atoms with E-state index in [9.17, 15) is 4.79 Å². The Morgan fingerprint density at radius 3 is 2.57 bits per heavy atom. The van der Waals surface area contributed by atoms with Crippen molar-refractivity contribution in [3.05, 3.63) is 48.0 Å². The smallest absolute Gasteiger partial charge is 0.356 e. The third-order valence-electron chi connectivity index (χ3n) is 3.16. The van der Waals surface area contributed by atoms with Crippen molar-refractivity contribution in [1.29, 1.82) is 0 Å². The number of ether oxygens (including phenoxy) is 1. The number of esters is 1. The van der Waals surface area contributed by atoms with Crippen LogP contribution in [0.15, 0.2) is 47.6 Å². The van der Waals surface area contributed by atoms with Crippen molar-refractivity contribution >= 4 is 22.5 Å². The van der Waals surface area contributed by atoms with E-state index in [2.05, 4.69) is 17.3 Å². The predicted molar refractivity (Wildman–Crippen MR) is 82.7 cm³/mol. The molecule has 4 nitrogen and oxygen atoms in total. The molecule has 2 rings (SSSR count). The summed E-state index contributed by atoms with van der Waals surface area (Å²) in [5.41, 5.74) is 1.14. The molecule has 0 saturated carbocycles. The van der Waals surface area contributed by atoms with Crippen LogP contribution in [0.2, 0.25) is 0 Å². The third-order valence-corrected chi connectivity index (χ3v) is 3.16. The lowest BCUT2D eigenvalue weighted by Crippen LogP contribution is -2.21. The second-order valence-electron chi connectivity index (χ2n) is 5.18. The summed E-state index contributed by atoms with van der Waals surface area (Å²) in [5.74, 6) is -0.562. The summed E-state index contributed by atoms with van der Waals surface area (Å²) in [6.45, 7) is 3.52. The molecule has 21 heavy (non-hydrogen) atoms. The van der Waals surface area contributed by atoms with Crippen LogP contribution in [-0.4, -0.2) is 23.0 Å². The Balaban J connectivity index is 2.04. The van der Waals surface area contributed by atoms with Crippen LogP contribution in [0.5, 0.6) is 0 Å². The molecule has 0 aromatic heterocycles. The topological polar surface area (TPSA) is 58.9 Å². The largest absolute Gasteiger partial charge is 0.458 e. The Hall–Kier alpha value is -2.36. The lowest BCUT2D eigenvalue weighted by atomic mass is 10.0. The Morgan fingerprint density at radius 2 is 1.90 bits per heavy atom. The molecule has 0 heterocycles. The summed E-state index contributed by atoms with van der Waals surface area (Å²) in [5, 5.41) is 14.3. The van der Waals surface area contributed by atoms with Crippen molar-refractivity contribution < 1.29 is 14.7 Å². The van der Waals surface area contributed by atoms with E-state index in [1.807, 2.05) is 30.3 Å². The highest BCUT2D eigenvalue weighted by Gasteiger charge is 2.15. The Kier molecular flexibility index (Phi) is 4.93. The van der Waals surface area contributed by atoms with Gasteiger partial charge in [-0.3, -0.25) is 0 Å². The van der Waals surface area contributed by atoms with Gasteiger partial charge in [-0.2, -0.15) is 0 Å². The lowest BCUT2D eigenvalue weighted by Gasteiger charge is -2.09. The highest BCUT2D eigenvalue weighted by molar-refractivity contribution is 6.36. The first-order chi connectivity index (χ1) is 10.1. The summed E-state index contributed by atoms with van der Waals surface area (Å²) < 4.78 is 5.03. The minimum atomic E-state index is -0.562. The zero-order chi connectivity index (χ0) is 15.2. The average molecular weight is 285 g/mol. The van der Waals surface area contributed by atoms with E-state index in [-0.39, 0.29) is 11.8 Å². The number of oxime groups is 1. The molecule has 4 heteroatoms. The zero-order valence-electron chi connectivity index (χ0n) is 12.2. The van der Waals surface area contributed by atoms with Gasteiger partial charge in [0.15, 0.2) is 5.71 Å². The van der Waals surface area contributed by atoms with E-state index in [1.165, 1.54) is 5.39 Å². The molecule has 0 aliphatic carbocycles. The summed E-state index contributed by atoms with van der Waals surface area (Å²) in [6, 6.07) is 14.2. The standard InChI is InChI=1S/C17H19NO3/c1-12(2)21-17(19)16(18-20)10-8-13-7-9-14-5-3-4-6-15(14)11-13/h3-7,9,11-12,20H,8,10H2,1-2H3/b18-16-. The van der Waals surface area contributed by atoms with Crippen LogP contribution < -0.4 is 0 Å². The van der Waals surface area contributed by atoms with Gasteiger partial charge in [0.2, 0.25) is 0 Å². The van der Waals surface area contributed by atoms with E-state index in [4.69, 9.17) is 9.94 Å². The number of hydrogen-bond acceptors (Lipinski definition) is 4. The van der Waals surface area contributed by atoms with Gasteiger partial charge in [0, 0.05) is 6.42 Å². The number of hydrogen-bond donors (Lipinski definition) is 1. The van der Waals surface area contributed by atoms with Gasteiger partial charge in [0.05, 0.1) is 6.10 Å². The van der Waals surface area contributed by atoms with E-state index in [1.54, 1.807) is 13.8 Å². The molecule has 0 radical (unpaired) electrons. The van der Waals surface area contributed by atoms with Crippen LogP contribution in [0.4, 0.5) is 0 Å². The highest BCUT2D eigenvalue weighted by Crippen LogP contribution is 2.17. The number of rotatable bonds is 5. The van der Waals surface area contributed by atoms with Gasteiger partial charge < -0.3 is 9.94 Å². The van der Waals surface area contributed by atoms with Crippen molar-refractivity contribution in [2.24, 2.45) is 5.16 Å². The molecule has 0 amide bonds. The Bertz CT molecular complexity index is 662. The van der Waals surface area contributed by atoms with Crippen molar-refractivity contribution in [2.75, 3.05) is 0 Å². The summed E-state index contributed by atoms with van der Waals surface area (Å²) in [4.78, 5) is 11.7. The summed E-state index contributed by atoms with van der Waals surface area (Å²) in [7, 11) is 0. The van der Waals surface area contributed by atoms with Crippen molar-refractivity contribution in [1.82, 2.24) is 0 Å². The fourth-order valence-corrected chi connectivity index (χ4v) is 2.13. The van der Waals surface area contributed by atoms with Gasteiger partial charge in [-0.15, -0.1) is 0 Å². The molecule has 0 saturated heterocycles. The van der Waals surface area contributed by atoms with Gasteiger partial charge in [0.1, 0.15) is 0 Å². The minimum absolute atomic E-state index is 0.0526. The maximum atomic E-state index is 11.7. The number of nitrogens with zero attached hydrogens (tertiary/aromatic N) is 1. The zero-order valence-corrected chi connectivity index (χ0v) is 12.2. The van der Waals surface area contributed by atoms with Crippen LogP contribution in [0.1, 0.15) is 25.8 Å². The van der Waals surface area contributed by atoms with E-state index in [0.717, 1.165) is 10.9 Å². The Morgan fingerprint density at radius 1 is 1.19 bits per heavy atom. The molecule has 0 bridgehead atoms. The molecule has 1 N–H and O–H groups in total.